The monoisotopic (exact) mass is 323 g/mol. The van der Waals surface area contributed by atoms with Crippen LogP contribution in [0.15, 0.2) is 41.3 Å². The van der Waals surface area contributed by atoms with Gasteiger partial charge in [-0.25, -0.2) is 8.93 Å². The van der Waals surface area contributed by atoms with Crippen molar-refractivity contribution < 1.29 is 18.5 Å². The minimum absolute atomic E-state index is 0.0804. The number of hydrogen-bond donors (Lipinski definition) is 1. The molecule has 0 spiro atoms. The summed E-state index contributed by atoms with van der Waals surface area (Å²) in [7, 11) is -0.184. The van der Waals surface area contributed by atoms with Crippen molar-refractivity contribution in [1.82, 2.24) is 4.72 Å². The third-order valence-electron chi connectivity index (χ3n) is 2.93. The molecule has 1 aromatic rings. The van der Waals surface area contributed by atoms with Crippen LogP contribution in [0.25, 0.3) is 0 Å². The lowest BCUT2D eigenvalue weighted by Gasteiger charge is -2.13. The van der Waals surface area contributed by atoms with Gasteiger partial charge in [0.05, 0.1) is 12.0 Å². The Kier molecular flexibility index (Phi) is 7.70. The van der Waals surface area contributed by atoms with Gasteiger partial charge < -0.3 is 4.74 Å². The van der Waals surface area contributed by atoms with Crippen LogP contribution in [0.2, 0.25) is 0 Å². The van der Waals surface area contributed by atoms with Gasteiger partial charge in [-0.05, 0) is 26.0 Å². The molecule has 1 aromatic carbocycles. The Balaban J connectivity index is 2.67. The Morgan fingerprint density at radius 1 is 1.32 bits per heavy atom. The molecule has 6 heteroatoms. The zero-order valence-electron chi connectivity index (χ0n) is 13.0. The number of benzene rings is 1. The predicted octanol–water partition coefficient (Wildman–Crippen LogP) is 2.07. The maximum atomic E-state index is 12.3. The lowest BCUT2D eigenvalue weighted by molar-refractivity contribution is -0.143. The van der Waals surface area contributed by atoms with Crippen LogP contribution in [0.3, 0.4) is 0 Å². The van der Waals surface area contributed by atoms with Gasteiger partial charge in [0.2, 0.25) is 0 Å². The van der Waals surface area contributed by atoms with Crippen LogP contribution < -0.4 is 4.72 Å². The van der Waals surface area contributed by atoms with E-state index in [0.717, 1.165) is 5.56 Å². The Morgan fingerprint density at radius 2 is 1.95 bits per heavy atom. The molecule has 0 radical (unpaired) electrons. The molecule has 22 heavy (non-hydrogen) atoms. The third-order valence-corrected chi connectivity index (χ3v) is 4.15. The summed E-state index contributed by atoms with van der Waals surface area (Å²) in [6.07, 6.45) is 3.33. The smallest absolute Gasteiger partial charge is 0.313 e. The average molecular weight is 323 g/mol. The molecule has 0 aromatic heterocycles. The van der Waals surface area contributed by atoms with E-state index >= 15 is 0 Å². The second-order valence-electron chi connectivity index (χ2n) is 4.83. The minimum Gasteiger partial charge on any atom is -0.469 e. The SMILES string of the molecule is CC=CC(CC(=O)CC(=O)OC)N[S@](=O)c1ccc(C)cc1. The van der Waals surface area contributed by atoms with Gasteiger partial charge >= 0.3 is 5.97 Å². The molecular weight excluding hydrogens is 302 g/mol. The van der Waals surface area contributed by atoms with Gasteiger partial charge in [0.15, 0.2) is 0 Å². The van der Waals surface area contributed by atoms with Crippen LogP contribution in [-0.4, -0.2) is 29.1 Å². The fourth-order valence-corrected chi connectivity index (χ4v) is 2.76. The number of allylic oxidation sites excluding steroid dienone is 1. The van der Waals surface area contributed by atoms with Gasteiger partial charge in [-0.1, -0.05) is 29.8 Å². The molecule has 2 atom stereocenters. The van der Waals surface area contributed by atoms with E-state index in [-0.39, 0.29) is 18.6 Å². The van der Waals surface area contributed by atoms with E-state index < -0.39 is 23.0 Å². The summed E-state index contributed by atoms with van der Waals surface area (Å²) in [5.74, 6) is -0.827. The molecule has 0 fully saturated rings. The molecule has 0 bridgehead atoms. The Labute approximate surface area is 133 Å². The second-order valence-corrected chi connectivity index (χ2v) is 6.07. The summed E-state index contributed by atoms with van der Waals surface area (Å²) in [5, 5.41) is 0. The van der Waals surface area contributed by atoms with Gasteiger partial charge in [0.25, 0.3) is 0 Å². The van der Waals surface area contributed by atoms with Crippen molar-refractivity contribution in [2.75, 3.05) is 7.11 Å². The number of rotatable bonds is 8. The summed E-state index contributed by atoms with van der Waals surface area (Å²) in [6.45, 7) is 3.77. The maximum absolute atomic E-state index is 12.3. The number of Topliss-reactive ketones (excluding diaryl/α,β-unsaturated/α-hetero) is 1. The van der Waals surface area contributed by atoms with Gasteiger partial charge in [-0.15, -0.1) is 0 Å². The number of nitrogens with one attached hydrogen (secondary N) is 1. The summed E-state index contributed by atoms with van der Waals surface area (Å²) in [5.41, 5.74) is 1.08. The van der Waals surface area contributed by atoms with E-state index in [2.05, 4.69) is 9.46 Å². The van der Waals surface area contributed by atoms with Gasteiger partial charge in [-0.3, -0.25) is 9.59 Å². The first-order chi connectivity index (χ1) is 10.5. The van der Waals surface area contributed by atoms with E-state index in [9.17, 15) is 13.8 Å². The average Bonchev–Trinajstić information content (AvgIpc) is 2.47. The van der Waals surface area contributed by atoms with Crippen molar-refractivity contribution in [3.8, 4) is 0 Å². The summed E-state index contributed by atoms with van der Waals surface area (Å²) >= 11 is 0. The van der Waals surface area contributed by atoms with Crippen molar-refractivity contribution in [1.29, 1.82) is 0 Å². The molecule has 0 amide bonds. The van der Waals surface area contributed by atoms with Gasteiger partial charge in [0.1, 0.15) is 23.2 Å². The Morgan fingerprint density at radius 3 is 2.50 bits per heavy atom. The molecule has 0 aliphatic rings. The lowest BCUT2D eigenvalue weighted by Crippen LogP contribution is -2.32. The number of ether oxygens (including phenoxy) is 1. The first kappa shape index (κ1) is 18.3. The predicted molar refractivity (Wildman–Crippen MR) is 85.6 cm³/mol. The van der Waals surface area contributed by atoms with Crippen molar-refractivity contribution in [3.05, 3.63) is 42.0 Å². The molecule has 0 saturated carbocycles. The Bertz CT molecular complexity index is 566. The molecule has 0 saturated heterocycles. The normalized spacial score (nSPS) is 13.8. The number of esters is 1. The van der Waals surface area contributed by atoms with E-state index in [4.69, 9.17) is 0 Å². The molecular formula is C16H21NO4S. The zero-order chi connectivity index (χ0) is 16.5. The molecule has 0 aliphatic heterocycles. The summed E-state index contributed by atoms with van der Waals surface area (Å²) < 4.78 is 19.6. The van der Waals surface area contributed by atoms with Crippen molar-refractivity contribution >= 4 is 22.7 Å². The van der Waals surface area contributed by atoms with Crippen LogP contribution in [0.4, 0.5) is 0 Å². The highest BCUT2D eigenvalue weighted by molar-refractivity contribution is 7.83. The highest BCUT2D eigenvalue weighted by Gasteiger charge is 2.17. The van der Waals surface area contributed by atoms with Crippen LogP contribution in [0.5, 0.6) is 0 Å². The number of carbonyl (C=O) groups is 2. The topological polar surface area (TPSA) is 72.5 Å². The second kappa shape index (κ2) is 9.27. The minimum atomic E-state index is -1.42. The molecule has 120 valence electrons. The third kappa shape index (κ3) is 6.32. The largest absolute Gasteiger partial charge is 0.469 e. The molecule has 0 aliphatic carbocycles. The van der Waals surface area contributed by atoms with Crippen LogP contribution >= 0.6 is 0 Å². The number of carbonyl (C=O) groups excluding carboxylic acids is 2. The number of aryl methyl sites for hydroxylation is 1. The first-order valence-corrected chi connectivity index (χ1v) is 8.07. The molecule has 1 unspecified atom stereocenters. The van der Waals surface area contributed by atoms with Gasteiger partial charge in [0, 0.05) is 12.5 Å². The maximum Gasteiger partial charge on any atom is 0.313 e. The summed E-state index contributed by atoms with van der Waals surface area (Å²) in [6, 6.07) is 6.91. The van der Waals surface area contributed by atoms with Crippen molar-refractivity contribution in [2.24, 2.45) is 0 Å². The number of hydrogen-bond acceptors (Lipinski definition) is 4. The molecule has 5 nitrogen and oxygen atoms in total. The van der Waals surface area contributed by atoms with Crippen molar-refractivity contribution in [2.45, 2.75) is 37.6 Å². The zero-order valence-corrected chi connectivity index (χ0v) is 13.8. The molecule has 1 N–H and O–H groups in total. The van der Waals surface area contributed by atoms with Gasteiger partial charge in [-0.2, -0.15) is 0 Å². The fourth-order valence-electron chi connectivity index (χ4n) is 1.80. The number of methoxy groups -OCH3 is 1. The van der Waals surface area contributed by atoms with E-state index in [1.807, 2.05) is 26.0 Å². The number of ketones is 1. The van der Waals surface area contributed by atoms with E-state index in [1.54, 1.807) is 24.3 Å². The Hall–Kier alpha value is -1.79. The van der Waals surface area contributed by atoms with E-state index in [0.29, 0.717) is 4.90 Å². The van der Waals surface area contributed by atoms with Crippen LogP contribution in [0.1, 0.15) is 25.3 Å². The summed E-state index contributed by atoms with van der Waals surface area (Å²) in [4.78, 5) is 23.5. The highest BCUT2D eigenvalue weighted by Crippen LogP contribution is 2.09. The van der Waals surface area contributed by atoms with Crippen LogP contribution in [0, 0.1) is 6.92 Å². The van der Waals surface area contributed by atoms with Crippen LogP contribution in [-0.2, 0) is 25.3 Å². The lowest BCUT2D eigenvalue weighted by atomic mass is 10.1. The van der Waals surface area contributed by atoms with E-state index in [1.165, 1.54) is 7.11 Å². The quantitative estimate of drug-likeness (QED) is 0.452. The molecule has 1 rings (SSSR count). The highest BCUT2D eigenvalue weighted by atomic mass is 32.2. The first-order valence-electron chi connectivity index (χ1n) is 6.92. The fraction of sp³-hybridized carbons (Fsp3) is 0.375. The standard InChI is InChI=1S/C16H21NO4S/c1-4-5-13(10-14(18)11-16(19)21-3)17-22(20)15-8-6-12(2)7-9-15/h4-9,13,17H,10-11H2,1-3H3/t13?,22-/m1/s1. The molecule has 0 heterocycles. The van der Waals surface area contributed by atoms with Crippen molar-refractivity contribution in [3.63, 3.8) is 0 Å².